The minimum Gasteiger partial charge on any atom is -0.507 e. The van der Waals surface area contributed by atoms with Crippen molar-refractivity contribution in [2.45, 2.75) is 47.1 Å². The highest BCUT2D eigenvalue weighted by molar-refractivity contribution is 5.95. The van der Waals surface area contributed by atoms with Crippen molar-refractivity contribution in [3.8, 4) is 11.5 Å². The van der Waals surface area contributed by atoms with Crippen LogP contribution in [-0.4, -0.2) is 30.3 Å². The van der Waals surface area contributed by atoms with E-state index in [1.807, 2.05) is 62.4 Å². The van der Waals surface area contributed by atoms with E-state index >= 15 is 0 Å². The average molecular weight is 587 g/mol. The second-order valence-electron chi connectivity index (χ2n) is 9.76. The van der Waals surface area contributed by atoms with Crippen LogP contribution in [0.25, 0.3) is 28.0 Å². The number of aryl methyl sites for hydroxylation is 3. The zero-order chi connectivity index (χ0) is 30.8. The predicted octanol–water partition coefficient (Wildman–Crippen LogP) is 8.09. The normalized spacial score (nSPS) is 11.0. The fourth-order valence-electron chi connectivity index (χ4n) is 4.54. The monoisotopic (exact) mass is 586 g/mol. The van der Waals surface area contributed by atoms with Gasteiger partial charge in [-0.15, -0.1) is 0 Å². The van der Waals surface area contributed by atoms with Gasteiger partial charge in [0.1, 0.15) is 40.8 Å². The van der Waals surface area contributed by atoms with Crippen LogP contribution in [0, 0.1) is 13.8 Å². The topological polar surface area (TPSA) is 108 Å². The van der Waals surface area contributed by atoms with Crippen LogP contribution in [0.15, 0.2) is 81.6 Å². The number of aromatic hydroxyl groups is 1. The SMILES string of the molecule is CCOC(=O)/C=C/c1ccc(OCc2ccccc2)c2cc(C)oc12.CCOC(=O)CCc1ccc(O)c2cc(C)oc12.[HH]. The molecule has 0 aliphatic rings. The van der Waals surface area contributed by atoms with Crippen LogP contribution in [0.2, 0.25) is 0 Å². The number of carbonyl (C=O) groups excluding carboxylic acids is 2. The number of fused-ring (bicyclic) bond motifs is 2. The summed E-state index contributed by atoms with van der Waals surface area (Å²) in [6.45, 7) is 8.51. The Kier molecular flexibility index (Phi) is 10.6. The molecule has 43 heavy (non-hydrogen) atoms. The first-order valence-corrected chi connectivity index (χ1v) is 14.2. The molecule has 0 saturated heterocycles. The molecule has 0 fully saturated rings. The van der Waals surface area contributed by atoms with Crippen molar-refractivity contribution in [2.24, 2.45) is 0 Å². The van der Waals surface area contributed by atoms with E-state index in [0.717, 1.165) is 39.3 Å². The van der Waals surface area contributed by atoms with Gasteiger partial charge in [-0.05, 0) is 81.7 Å². The second kappa shape index (κ2) is 14.8. The van der Waals surface area contributed by atoms with Gasteiger partial charge in [-0.25, -0.2) is 4.79 Å². The molecule has 0 spiro atoms. The standard InChI is InChI=1S/C21H20O4.C14H16O4.H2/c1-3-23-20(22)12-10-17-9-11-19(18-13-15(2)25-21(17)18)24-14-16-7-5-4-6-8-16;1-3-17-13(16)7-5-10-4-6-12(15)11-8-9(2)18-14(10)11;/h4-13H,3,14H2,1-2H3;4,6,8,15H,3,5,7H2,1-2H3;1H/b12-10+;;. The third-order valence-corrected chi connectivity index (χ3v) is 6.49. The highest BCUT2D eigenvalue weighted by Crippen LogP contribution is 2.33. The average Bonchev–Trinajstić information content (AvgIpc) is 3.59. The smallest absolute Gasteiger partial charge is 0.330 e. The lowest BCUT2D eigenvalue weighted by molar-refractivity contribution is -0.143. The van der Waals surface area contributed by atoms with E-state index in [4.69, 9.17) is 23.0 Å². The van der Waals surface area contributed by atoms with Gasteiger partial charge in [0.05, 0.1) is 24.0 Å². The first kappa shape index (κ1) is 31.0. The molecule has 2 aromatic heterocycles. The number of carbonyl (C=O) groups is 2. The van der Waals surface area contributed by atoms with E-state index in [9.17, 15) is 14.7 Å². The van der Waals surface area contributed by atoms with Gasteiger partial charge in [-0.3, -0.25) is 4.79 Å². The summed E-state index contributed by atoms with van der Waals surface area (Å²) in [5.74, 6) is 1.89. The molecule has 0 atom stereocenters. The lowest BCUT2D eigenvalue weighted by Gasteiger charge is -2.08. The van der Waals surface area contributed by atoms with Crippen molar-refractivity contribution in [2.75, 3.05) is 13.2 Å². The summed E-state index contributed by atoms with van der Waals surface area (Å²) in [6, 6.07) is 20.9. The van der Waals surface area contributed by atoms with Gasteiger partial charge in [0.2, 0.25) is 0 Å². The number of rotatable bonds is 10. The van der Waals surface area contributed by atoms with E-state index in [0.29, 0.717) is 49.2 Å². The number of phenols is 1. The number of furan rings is 2. The number of phenolic OH excluding ortho intramolecular Hbond substituents is 1. The number of ether oxygens (including phenoxy) is 3. The summed E-state index contributed by atoms with van der Waals surface area (Å²) in [7, 11) is 0. The first-order chi connectivity index (χ1) is 20.8. The van der Waals surface area contributed by atoms with Gasteiger partial charge in [-0.1, -0.05) is 36.4 Å². The Morgan fingerprint density at radius 1 is 0.860 bits per heavy atom. The highest BCUT2D eigenvalue weighted by atomic mass is 16.5. The Morgan fingerprint density at radius 3 is 2.28 bits per heavy atom. The van der Waals surface area contributed by atoms with Crippen molar-refractivity contribution in [3.05, 3.63) is 101 Å². The Labute approximate surface area is 252 Å². The maximum Gasteiger partial charge on any atom is 0.330 e. The van der Waals surface area contributed by atoms with E-state index in [1.165, 1.54) is 6.08 Å². The third-order valence-electron chi connectivity index (χ3n) is 6.49. The van der Waals surface area contributed by atoms with Crippen molar-refractivity contribution in [1.82, 2.24) is 0 Å². The van der Waals surface area contributed by atoms with Gasteiger partial charge < -0.3 is 28.2 Å². The second-order valence-corrected chi connectivity index (χ2v) is 9.76. The number of esters is 2. The summed E-state index contributed by atoms with van der Waals surface area (Å²) in [6.07, 6.45) is 3.96. The maximum atomic E-state index is 11.5. The lowest BCUT2D eigenvalue weighted by atomic mass is 10.1. The molecule has 226 valence electrons. The summed E-state index contributed by atoms with van der Waals surface area (Å²) in [4.78, 5) is 22.8. The predicted molar refractivity (Wildman–Crippen MR) is 167 cm³/mol. The fourth-order valence-corrected chi connectivity index (χ4v) is 4.54. The lowest BCUT2D eigenvalue weighted by Crippen LogP contribution is -2.05. The van der Waals surface area contributed by atoms with Gasteiger partial charge >= 0.3 is 11.9 Å². The fraction of sp³-hybridized carbons (Fsp3) is 0.257. The largest absolute Gasteiger partial charge is 0.507 e. The molecule has 5 aromatic rings. The third kappa shape index (κ3) is 8.29. The Bertz CT molecular complexity index is 1720. The van der Waals surface area contributed by atoms with Gasteiger partial charge in [0.25, 0.3) is 0 Å². The minimum absolute atomic E-state index is 0. The molecule has 1 N–H and O–H groups in total. The first-order valence-electron chi connectivity index (χ1n) is 14.2. The molecular weight excluding hydrogens is 548 g/mol. The van der Waals surface area contributed by atoms with Gasteiger partial charge in [-0.2, -0.15) is 0 Å². The summed E-state index contributed by atoms with van der Waals surface area (Å²) in [5.41, 5.74) is 4.16. The summed E-state index contributed by atoms with van der Waals surface area (Å²) in [5, 5.41) is 11.3. The summed E-state index contributed by atoms with van der Waals surface area (Å²) < 4.78 is 27.1. The quantitative estimate of drug-likeness (QED) is 0.129. The molecule has 8 heteroatoms. The Morgan fingerprint density at radius 2 is 1.56 bits per heavy atom. The van der Waals surface area contributed by atoms with Crippen molar-refractivity contribution < 1.29 is 39.2 Å². The van der Waals surface area contributed by atoms with Crippen LogP contribution in [0.3, 0.4) is 0 Å². The molecule has 0 aliphatic carbocycles. The summed E-state index contributed by atoms with van der Waals surface area (Å²) >= 11 is 0. The molecule has 5 rings (SSSR count). The maximum absolute atomic E-state index is 11.5. The number of hydrogen-bond acceptors (Lipinski definition) is 8. The van der Waals surface area contributed by atoms with Crippen LogP contribution in [0.5, 0.6) is 11.5 Å². The zero-order valence-corrected chi connectivity index (χ0v) is 24.8. The zero-order valence-electron chi connectivity index (χ0n) is 24.8. The van der Waals surface area contributed by atoms with Crippen LogP contribution in [0.4, 0.5) is 0 Å². The highest BCUT2D eigenvalue weighted by Gasteiger charge is 2.13. The molecule has 0 unspecified atom stereocenters. The van der Waals surface area contributed by atoms with E-state index in [-0.39, 0.29) is 19.1 Å². The van der Waals surface area contributed by atoms with Crippen LogP contribution < -0.4 is 4.74 Å². The van der Waals surface area contributed by atoms with Gasteiger partial charge in [0.15, 0.2) is 0 Å². The molecule has 0 saturated carbocycles. The molecule has 2 heterocycles. The molecular formula is C35H38O8. The van der Waals surface area contributed by atoms with E-state index in [2.05, 4.69) is 0 Å². The van der Waals surface area contributed by atoms with Crippen molar-refractivity contribution in [3.63, 3.8) is 0 Å². The van der Waals surface area contributed by atoms with Crippen LogP contribution in [0.1, 0.15) is 49.9 Å². The Balaban J connectivity index is 0.000000247. The van der Waals surface area contributed by atoms with Crippen molar-refractivity contribution in [1.29, 1.82) is 0 Å². The number of hydrogen-bond donors (Lipinski definition) is 1. The number of benzene rings is 3. The molecule has 3 aromatic carbocycles. The van der Waals surface area contributed by atoms with Crippen LogP contribution >= 0.6 is 0 Å². The molecule has 0 bridgehead atoms. The minimum atomic E-state index is -0.372. The molecule has 0 aliphatic heterocycles. The van der Waals surface area contributed by atoms with Crippen molar-refractivity contribution >= 4 is 40.0 Å². The van der Waals surface area contributed by atoms with Crippen LogP contribution in [-0.2, 0) is 32.1 Å². The van der Waals surface area contributed by atoms with E-state index in [1.54, 1.807) is 38.1 Å². The van der Waals surface area contributed by atoms with E-state index < -0.39 is 0 Å². The molecule has 0 radical (unpaired) electrons. The molecule has 8 nitrogen and oxygen atoms in total. The van der Waals surface area contributed by atoms with Gasteiger partial charge in [0, 0.05) is 19.5 Å². The Hall–Kier alpha value is -4.98. The molecule has 0 amide bonds.